The van der Waals surface area contributed by atoms with Gasteiger partial charge in [-0.25, -0.2) is 13.6 Å². The smallest absolute Gasteiger partial charge is 0.465 e. The second-order valence-corrected chi connectivity index (χ2v) is 12.8. The molecule has 18 heteroatoms. The molecule has 0 bridgehead atoms. The Morgan fingerprint density at radius 3 is 2.09 bits per heavy atom. The monoisotopic (exact) mass is 804 g/mol. The van der Waals surface area contributed by atoms with Crippen LogP contribution in [-0.2, 0) is 40.1 Å². The zero-order valence-corrected chi connectivity index (χ0v) is 30.5. The largest absolute Gasteiger partial charge is 0.514 e. The summed E-state index contributed by atoms with van der Waals surface area (Å²) in [7, 11) is 0. The van der Waals surface area contributed by atoms with Gasteiger partial charge in [-0.3, -0.25) is 19.2 Å². The van der Waals surface area contributed by atoms with E-state index in [1.807, 2.05) is 0 Å². The standard InChI is InChI=1S/C38H33F5N2O10S/c1-3-52-34(48)37(35(49)53-4-2,28-10-7-19-56-28)21-54-36(50)55-31-26(39)20-27(29(30(31)40)33(47)45-15-17-51-18-16-45)44-32(46)25-9-6-5-8-24(25)22-11-13-23(14-12-22)38(41,42)43/h5-14,19-20H,3-4,15-18,21H2,1-2H3,(H,44,46). The molecular formula is C38H33F5N2O10S. The van der Waals surface area contributed by atoms with Crippen molar-refractivity contribution in [3.63, 3.8) is 0 Å². The number of hydrogen-bond donors (Lipinski definition) is 1. The summed E-state index contributed by atoms with van der Waals surface area (Å²) in [5.74, 6) is -9.02. The van der Waals surface area contributed by atoms with E-state index in [0.717, 1.165) is 40.5 Å². The number of anilines is 1. The van der Waals surface area contributed by atoms with Crippen molar-refractivity contribution in [1.82, 2.24) is 4.90 Å². The Morgan fingerprint density at radius 1 is 0.857 bits per heavy atom. The van der Waals surface area contributed by atoms with Crippen LogP contribution >= 0.6 is 11.3 Å². The summed E-state index contributed by atoms with van der Waals surface area (Å²) in [6.07, 6.45) is -6.40. The molecule has 56 heavy (non-hydrogen) atoms. The predicted octanol–water partition coefficient (Wildman–Crippen LogP) is 7.02. The molecule has 2 heterocycles. The molecule has 0 radical (unpaired) electrons. The number of halogens is 5. The van der Waals surface area contributed by atoms with E-state index < -0.39 is 82.3 Å². The molecule has 1 fully saturated rings. The molecule has 0 saturated carbocycles. The summed E-state index contributed by atoms with van der Waals surface area (Å²) in [5, 5.41) is 3.85. The van der Waals surface area contributed by atoms with Crippen LogP contribution in [0.1, 0.15) is 45.0 Å². The van der Waals surface area contributed by atoms with E-state index in [2.05, 4.69) is 5.32 Å². The number of alkyl halides is 3. The fourth-order valence-corrected chi connectivity index (χ4v) is 6.56. The fourth-order valence-electron chi connectivity index (χ4n) is 5.67. The highest BCUT2D eigenvalue weighted by atomic mass is 32.1. The normalized spacial score (nSPS) is 13.1. The van der Waals surface area contributed by atoms with Gasteiger partial charge in [-0.15, -0.1) is 11.3 Å². The number of thiophene rings is 1. The maximum absolute atomic E-state index is 16.4. The molecule has 3 aromatic carbocycles. The van der Waals surface area contributed by atoms with Gasteiger partial charge in [-0.2, -0.15) is 13.2 Å². The summed E-state index contributed by atoms with van der Waals surface area (Å²) in [6.45, 7) is 1.63. The van der Waals surface area contributed by atoms with Crippen molar-refractivity contribution in [3.8, 4) is 16.9 Å². The summed E-state index contributed by atoms with van der Waals surface area (Å²) in [4.78, 5) is 68.2. The summed E-state index contributed by atoms with van der Waals surface area (Å²) in [6, 6.07) is 13.1. The Kier molecular flexibility index (Phi) is 13.1. The number of ether oxygens (including phenoxy) is 5. The lowest BCUT2D eigenvalue weighted by Gasteiger charge is -2.28. The van der Waals surface area contributed by atoms with Gasteiger partial charge in [0.25, 0.3) is 11.8 Å². The minimum Gasteiger partial charge on any atom is -0.465 e. The molecule has 1 aromatic heterocycles. The van der Waals surface area contributed by atoms with Crippen LogP contribution in [0.15, 0.2) is 72.1 Å². The molecular weight excluding hydrogens is 771 g/mol. The topological polar surface area (TPSA) is 147 Å². The molecule has 296 valence electrons. The van der Waals surface area contributed by atoms with Crippen molar-refractivity contribution >= 4 is 46.9 Å². The highest BCUT2D eigenvalue weighted by Gasteiger charge is 2.53. The molecule has 2 amide bonds. The van der Waals surface area contributed by atoms with E-state index in [1.165, 1.54) is 55.6 Å². The quantitative estimate of drug-likeness (QED) is 0.0522. The van der Waals surface area contributed by atoms with Crippen LogP contribution in [0.4, 0.5) is 32.4 Å². The lowest BCUT2D eigenvalue weighted by Crippen LogP contribution is -2.50. The zero-order valence-electron chi connectivity index (χ0n) is 29.7. The number of nitrogens with one attached hydrogen (secondary N) is 1. The number of carbonyl (C=O) groups is 5. The van der Waals surface area contributed by atoms with E-state index in [-0.39, 0.29) is 61.1 Å². The van der Waals surface area contributed by atoms with Crippen molar-refractivity contribution < 1.29 is 69.6 Å². The van der Waals surface area contributed by atoms with Gasteiger partial charge in [0, 0.05) is 29.6 Å². The maximum Gasteiger partial charge on any atom is 0.514 e. The third-order valence-electron chi connectivity index (χ3n) is 8.41. The third kappa shape index (κ3) is 8.81. The molecule has 1 aliphatic rings. The lowest BCUT2D eigenvalue weighted by atomic mass is 9.87. The summed E-state index contributed by atoms with van der Waals surface area (Å²) in [5.41, 5.74) is -4.60. The lowest BCUT2D eigenvalue weighted by molar-refractivity contribution is -0.167. The van der Waals surface area contributed by atoms with E-state index in [9.17, 15) is 37.1 Å². The summed E-state index contributed by atoms with van der Waals surface area (Å²) < 4.78 is 97.2. The average Bonchev–Trinajstić information content (AvgIpc) is 3.72. The van der Waals surface area contributed by atoms with Crippen molar-refractivity contribution in [2.75, 3.05) is 51.4 Å². The molecule has 1 saturated heterocycles. The highest BCUT2D eigenvalue weighted by molar-refractivity contribution is 7.10. The van der Waals surface area contributed by atoms with Crippen molar-refractivity contribution in [2.45, 2.75) is 25.4 Å². The highest BCUT2D eigenvalue weighted by Crippen LogP contribution is 2.36. The van der Waals surface area contributed by atoms with Gasteiger partial charge in [0.1, 0.15) is 12.2 Å². The van der Waals surface area contributed by atoms with Crippen molar-refractivity contribution in [3.05, 3.63) is 105 Å². The summed E-state index contributed by atoms with van der Waals surface area (Å²) >= 11 is 0.943. The van der Waals surface area contributed by atoms with E-state index in [0.29, 0.717) is 6.07 Å². The van der Waals surface area contributed by atoms with Gasteiger partial charge in [0.05, 0.1) is 37.7 Å². The van der Waals surface area contributed by atoms with Crippen LogP contribution in [0.25, 0.3) is 11.1 Å². The van der Waals surface area contributed by atoms with Gasteiger partial charge < -0.3 is 33.9 Å². The molecule has 1 aliphatic heterocycles. The van der Waals surface area contributed by atoms with Crippen LogP contribution in [0.3, 0.4) is 0 Å². The van der Waals surface area contributed by atoms with Gasteiger partial charge in [0.15, 0.2) is 11.6 Å². The molecule has 5 rings (SSSR count). The van der Waals surface area contributed by atoms with Gasteiger partial charge >= 0.3 is 24.3 Å². The van der Waals surface area contributed by atoms with Crippen LogP contribution in [-0.4, -0.2) is 80.9 Å². The first-order chi connectivity index (χ1) is 26.7. The number of rotatable bonds is 12. The maximum atomic E-state index is 16.4. The minimum atomic E-state index is -4.61. The number of morpholine rings is 1. The first kappa shape index (κ1) is 41.3. The van der Waals surface area contributed by atoms with Gasteiger partial charge in [0.2, 0.25) is 11.2 Å². The van der Waals surface area contributed by atoms with Crippen LogP contribution in [0.5, 0.6) is 5.75 Å². The fraction of sp³-hybridized carbons (Fsp3) is 0.289. The van der Waals surface area contributed by atoms with Crippen LogP contribution in [0, 0.1) is 11.6 Å². The van der Waals surface area contributed by atoms with Gasteiger partial charge in [-0.05, 0) is 54.6 Å². The number of amides is 2. The van der Waals surface area contributed by atoms with E-state index in [1.54, 1.807) is 0 Å². The number of esters is 2. The molecule has 1 N–H and O–H groups in total. The Hall–Kier alpha value is -5.88. The molecule has 12 nitrogen and oxygen atoms in total. The van der Waals surface area contributed by atoms with Crippen molar-refractivity contribution in [1.29, 1.82) is 0 Å². The van der Waals surface area contributed by atoms with Gasteiger partial charge in [-0.1, -0.05) is 36.4 Å². The van der Waals surface area contributed by atoms with E-state index >= 15 is 8.78 Å². The Labute approximate surface area is 320 Å². The minimum absolute atomic E-state index is 0.0233. The third-order valence-corrected chi connectivity index (χ3v) is 9.44. The first-order valence-electron chi connectivity index (χ1n) is 16.9. The first-order valence-corrected chi connectivity index (χ1v) is 17.8. The Bertz CT molecular complexity index is 2070. The van der Waals surface area contributed by atoms with Crippen LogP contribution < -0.4 is 10.1 Å². The molecule has 4 aromatic rings. The van der Waals surface area contributed by atoms with E-state index in [4.69, 9.17) is 23.7 Å². The Morgan fingerprint density at radius 2 is 1.50 bits per heavy atom. The number of carbonyl (C=O) groups excluding carboxylic acids is 5. The SMILES string of the molecule is CCOC(=O)C(COC(=O)Oc1c(F)cc(NC(=O)c2ccccc2-c2ccc(C(F)(F)F)cc2)c(C(=O)N2CCOCC2)c1F)(C(=O)OCC)c1cccs1. The zero-order chi connectivity index (χ0) is 40.6. The van der Waals surface area contributed by atoms with Crippen LogP contribution in [0.2, 0.25) is 0 Å². The Balaban J connectivity index is 1.48. The number of benzene rings is 3. The van der Waals surface area contributed by atoms with Crippen molar-refractivity contribution in [2.24, 2.45) is 0 Å². The molecule has 0 aliphatic carbocycles. The number of nitrogens with zero attached hydrogens (tertiary/aromatic N) is 1. The second kappa shape index (κ2) is 17.7. The predicted molar refractivity (Wildman–Crippen MR) is 189 cm³/mol. The molecule has 0 unspecified atom stereocenters. The molecule has 0 spiro atoms. The molecule has 0 atom stereocenters. The number of hydrogen-bond acceptors (Lipinski definition) is 11. The second-order valence-electron chi connectivity index (χ2n) is 11.9. The average molecular weight is 805 g/mol.